The summed E-state index contributed by atoms with van der Waals surface area (Å²) in [5.41, 5.74) is 2.74. The van der Waals surface area contributed by atoms with Gasteiger partial charge >= 0.3 is 0 Å². The molecule has 82 valence electrons. The van der Waals surface area contributed by atoms with E-state index >= 15 is 0 Å². The third-order valence-corrected chi connectivity index (χ3v) is 3.00. The van der Waals surface area contributed by atoms with Crippen molar-refractivity contribution in [3.63, 3.8) is 0 Å². The molecule has 2 nitrogen and oxygen atoms in total. The molecular weight excluding hydrogens is 232 g/mol. The lowest BCUT2D eigenvalue weighted by atomic mass is 10.1. The summed E-state index contributed by atoms with van der Waals surface area (Å²) in [5, 5.41) is 1.72. The van der Waals surface area contributed by atoms with Gasteiger partial charge in [0, 0.05) is 16.0 Å². The summed E-state index contributed by atoms with van der Waals surface area (Å²) in [6.07, 6.45) is 1.57. The first kappa shape index (κ1) is 10.2. The van der Waals surface area contributed by atoms with Gasteiger partial charge in [0.25, 0.3) is 0 Å². The van der Waals surface area contributed by atoms with Crippen molar-refractivity contribution in [3.8, 4) is 11.3 Å². The Labute approximate surface area is 104 Å². The number of nitrogens with zero attached hydrogens (tertiary/aromatic N) is 2. The smallest absolute Gasteiger partial charge is 0.116 e. The highest BCUT2D eigenvalue weighted by Gasteiger charge is 2.08. The van der Waals surface area contributed by atoms with Gasteiger partial charge in [-0.2, -0.15) is 0 Å². The number of hydrogen-bond acceptors (Lipinski definition) is 2. The van der Waals surface area contributed by atoms with Crippen LogP contribution in [0.4, 0.5) is 0 Å². The number of hydrogen-bond donors (Lipinski definition) is 0. The molecule has 0 saturated heterocycles. The van der Waals surface area contributed by atoms with E-state index in [0.29, 0.717) is 5.02 Å². The number of fused-ring (bicyclic) bond motifs is 1. The summed E-state index contributed by atoms with van der Waals surface area (Å²) < 4.78 is 0. The Balaban J connectivity index is 2.35. The minimum atomic E-state index is 0.705. The first-order valence-corrected chi connectivity index (χ1v) is 5.69. The molecule has 0 spiro atoms. The normalized spacial score (nSPS) is 10.6. The van der Waals surface area contributed by atoms with Gasteiger partial charge in [0.15, 0.2) is 0 Å². The molecule has 0 fully saturated rings. The van der Waals surface area contributed by atoms with Crippen LogP contribution in [0.15, 0.2) is 54.9 Å². The van der Waals surface area contributed by atoms with Crippen LogP contribution < -0.4 is 0 Å². The van der Waals surface area contributed by atoms with E-state index in [1.807, 2.05) is 48.5 Å². The van der Waals surface area contributed by atoms with E-state index in [9.17, 15) is 0 Å². The Morgan fingerprint density at radius 3 is 2.47 bits per heavy atom. The molecule has 17 heavy (non-hydrogen) atoms. The van der Waals surface area contributed by atoms with Crippen LogP contribution in [0, 0.1) is 0 Å². The van der Waals surface area contributed by atoms with Gasteiger partial charge in [-0.25, -0.2) is 9.97 Å². The fraction of sp³-hybridized carbons (Fsp3) is 0. The maximum Gasteiger partial charge on any atom is 0.116 e. The number of para-hydroxylation sites is 1. The predicted octanol–water partition coefficient (Wildman–Crippen LogP) is 3.95. The van der Waals surface area contributed by atoms with Crippen LogP contribution in [0.2, 0.25) is 5.02 Å². The monoisotopic (exact) mass is 240 g/mol. The standard InChI is InChI=1S/C14H9ClN2/c15-12-7-3-1-5-10(12)14-11-6-2-4-8-13(11)16-9-17-14/h1-9H. The molecule has 3 aromatic rings. The van der Waals surface area contributed by atoms with Crippen LogP contribution in [0.3, 0.4) is 0 Å². The first-order valence-electron chi connectivity index (χ1n) is 5.31. The quantitative estimate of drug-likeness (QED) is 0.644. The van der Waals surface area contributed by atoms with Crippen LogP contribution in [0.25, 0.3) is 22.2 Å². The maximum atomic E-state index is 6.20. The summed E-state index contributed by atoms with van der Waals surface area (Å²) >= 11 is 6.20. The zero-order valence-electron chi connectivity index (χ0n) is 8.97. The Morgan fingerprint density at radius 2 is 1.59 bits per heavy atom. The van der Waals surface area contributed by atoms with Gasteiger partial charge in [-0.3, -0.25) is 0 Å². The van der Waals surface area contributed by atoms with E-state index < -0.39 is 0 Å². The fourth-order valence-corrected chi connectivity index (χ4v) is 2.10. The van der Waals surface area contributed by atoms with Gasteiger partial charge in [0.2, 0.25) is 0 Å². The van der Waals surface area contributed by atoms with Crippen molar-refractivity contribution in [3.05, 3.63) is 59.9 Å². The summed E-state index contributed by atoms with van der Waals surface area (Å²) in [4.78, 5) is 8.59. The highest BCUT2D eigenvalue weighted by Crippen LogP contribution is 2.30. The summed E-state index contributed by atoms with van der Waals surface area (Å²) in [6.45, 7) is 0. The zero-order chi connectivity index (χ0) is 11.7. The third-order valence-electron chi connectivity index (χ3n) is 2.67. The molecule has 0 aliphatic carbocycles. The Bertz CT molecular complexity index is 674. The average molecular weight is 241 g/mol. The second kappa shape index (κ2) is 4.15. The van der Waals surface area contributed by atoms with Crippen molar-refractivity contribution in [2.24, 2.45) is 0 Å². The molecule has 1 heterocycles. The predicted molar refractivity (Wildman–Crippen MR) is 70.0 cm³/mol. The van der Waals surface area contributed by atoms with E-state index in [0.717, 1.165) is 22.2 Å². The zero-order valence-corrected chi connectivity index (χ0v) is 9.72. The Morgan fingerprint density at radius 1 is 0.824 bits per heavy atom. The first-order chi connectivity index (χ1) is 8.36. The number of benzene rings is 2. The second-order valence-electron chi connectivity index (χ2n) is 3.72. The van der Waals surface area contributed by atoms with Crippen LogP contribution in [-0.4, -0.2) is 9.97 Å². The molecule has 0 N–H and O–H groups in total. The van der Waals surface area contributed by atoms with E-state index in [2.05, 4.69) is 9.97 Å². The van der Waals surface area contributed by atoms with Crippen LogP contribution in [0.5, 0.6) is 0 Å². The molecule has 0 atom stereocenters. The third kappa shape index (κ3) is 1.77. The molecule has 3 rings (SSSR count). The highest BCUT2D eigenvalue weighted by molar-refractivity contribution is 6.33. The molecular formula is C14H9ClN2. The molecule has 0 amide bonds. The highest BCUT2D eigenvalue weighted by atomic mass is 35.5. The van der Waals surface area contributed by atoms with Gasteiger partial charge < -0.3 is 0 Å². The van der Waals surface area contributed by atoms with Crippen molar-refractivity contribution in [1.82, 2.24) is 9.97 Å². The van der Waals surface area contributed by atoms with Gasteiger partial charge in [0.1, 0.15) is 6.33 Å². The number of halogens is 1. The topological polar surface area (TPSA) is 25.8 Å². The van der Waals surface area contributed by atoms with Crippen molar-refractivity contribution < 1.29 is 0 Å². The molecule has 0 aliphatic heterocycles. The van der Waals surface area contributed by atoms with Crippen molar-refractivity contribution >= 4 is 22.5 Å². The lowest BCUT2D eigenvalue weighted by molar-refractivity contribution is 1.22. The van der Waals surface area contributed by atoms with Crippen molar-refractivity contribution in [1.29, 1.82) is 0 Å². The molecule has 0 unspecified atom stereocenters. The molecule has 0 aliphatic rings. The second-order valence-corrected chi connectivity index (χ2v) is 4.13. The number of rotatable bonds is 1. The summed E-state index contributed by atoms with van der Waals surface area (Å²) in [5.74, 6) is 0. The van der Waals surface area contributed by atoms with E-state index in [1.165, 1.54) is 0 Å². The average Bonchev–Trinajstić information content (AvgIpc) is 2.39. The van der Waals surface area contributed by atoms with Gasteiger partial charge in [0.05, 0.1) is 11.2 Å². The largest absolute Gasteiger partial charge is 0.236 e. The van der Waals surface area contributed by atoms with Gasteiger partial charge in [-0.1, -0.05) is 48.0 Å². The Hall–Kier alpha value is -1.93. The SMILES string of the molecule is Clc1ccccc1-c1ncnc2ccccc12. The van der Waals surface area contributed by atoms with Crippen molar-refractivity contribution in [2.75, 3.05) is 0 Å². The van der Waals surface area contributed by atoms with E-state index in [4.69, 9.17) is 11.6 Å². The molecule has 2 aromatic carbocycles. The summed E-state index contributed by atoms with van der Waals surface area (Å²) in [6, 6.07) is 15.6. The molecule has 0 saturated carbocycles. The number of aromatic nitrogens is 2. The lowest BCUT2D eigenvalue weighted by Crippen LogP contribution is -1.89. The molecule has 1 aromatic heterocycles. The Kier molecular flexibility index (Phi) is 2.50. The maximum absolute atomic E-state index is 6.20. The lowest BCUT2D eigenvalue weighted by Gasteiger charge is -2.06. The summed E-state index contributed by atoms with van der Waals surface area (Å²) in [7, 11) is 0. The minimum Gasteiger partial charge on any atom is -0.236 e. The van der Waals surface area contributed by atoms with Gasteiger partial charge in [-0.15, -0.1) is 0 Å². The van der Waals surface area contributed by atoms with Crippen molar-refractivity contribution in [2.45, 2.75) is 0 Å². The molecule has 3 heteroatoms. The van der Waals surface area contributed by atoms with Gasteiger partial charge in [-0.05, 0) is 12.1 Å². The van der Waals surface area contributed by atoms with E-state index in [1.54, 1.807) is 6.33 Å². The van der Waals surface area contributed by atoms with Crippen LogP contribution in [-0.2, 0) is 0 Å². The molecule has 0 bridgehead atoms. The minimum absolute atomic E-state index is 0.705. The van der Waals surface area contributed by atoms with Crippen LogP contribution in [0.1, 0.15) is 0 Å². The van der Waals surface area contributed by atoms with E-state index in [-0.39, 0.29) is 0 Å². The molecule has 0 radical (unpaired) electrons. The fourth-order valence-electron chi connectivity index (χ4n) is 1.87. The van der Waals surface area contributed by atoms with Crippen LogP contribution >= 0.6 is 11.6 Å².